The molecule has 0 saturated carbocycles. The number of rotatable bonds is 4. The first-order chi connectivity index (χ1) is 8.70. The molecule has 0 N–H and O–H groups in total. The van der Waals surface area contributed by atoms with Gasteiger partial charge in [-0.1, -0.05) is 30.3 Å². The lowest BCUT2D eigenvalue weighted by Gasteiger charge is -2.01. The fourth-order valence-corrected chi connectivity index (χ4v) is 1.73. The summed E-state index contributed by atoms with van der Waals surface area (Å²) in [4.78, 5) is 15.8. The Kier molecular flexibility index (Phi) is 3.77. The van der Waals surface area contributed by atoms with E-state index in [0.717, 1.165) is 5.56 Å². The molecule has 18 heavy (non-hydrogen) atoms. The summed E-state index contributed by atoms with van der Waals surface area (Å²) in [5, 5.41) is 0. The van der Waals surface area contributed by atoms with Crippen molar-refractivity contribution in [3.63, 3.8) is 0 Å². The molecule has 0 amide bonds. The van der Waals surface area contributed by atoms with Crippen molar-refractivity contribution >= 4 is 5.97 Å². The van der Waals surface area contributed by atoms with Crippen molar-refractivity contribution < 1.29 is 13.9 Å². The topological polar surface area (TPSA) is 52.3 Å². The summed E-state index contributed by atoms with van der Waals surface area (Å²) >= 11 is 0. The molecule has 0 atom stereocenters. The molecule has 94 valence electrons. The van der Waals surface area contributed by atoms with Crippen molar-refractivity contribution in [3.05, 3.63) is 53.2 Å². The van der Waals surface area contributed by atoms with Crippen molar-refractivity contribution in [2.24, 2.45) is 0 Å². The fraction of sp³-hybridized carbons (Fsp3) is 0.286. The van der Waals surface area contributed by atoms with Crippen LogP contribution >= 0.6 is 0 Å². The smallest absolute Gasteiger partial charge is 0.360 e. The Hall–Kier alpha value is -2.10. The first-order valence-corrected chi connectivity index (χ1v) is 5.88. The van der Waals surface area contributed by atoms with Gasteiger partial charge in [0.1, 0.15) is 5.76 Å². The van der Waals surface area contributed by atoms with Gasteiger partial charge < -0.3 is 9.15 Å². The minimum absolute atomic E-state index is 0.276. The number of aromatic nitrogens is 1. The zero-order valence-corrected chi connectivity index (χ0v) is 10.5. The van der Waals surface area contributed by atoms with Crippen LogP contribution in [0.1, 0.15) is 34.6 Å². The van der Waals surface area contributed by atoms with Crippen LogP contribution in [-0.2, 0) is 11.2 Å². The van der Waals surface area contributed by atoms with E-state index in [2.05, 4.69) is 4.98 Å². The second-order valence-corrected chi connectivity index (χ2v) is 3.89. The summed E-state index contributed by atoms with van der Waals surface area (Å²) in [5.41, 5.74) is 1.34. The highest BCUT2D eigenvalue weighted by molar-refractivity contribution is 5.88. The zero-order valence-electron chi connectivity index (χ0n) is 10.5. The third-order valence-electron chi connectivity index (χ3n) is 2.48. The number of ether oxygens (including phenoxy) is 1. The molecule has 0 aliphatic heterocycles. The van der Waals surface area contributed by atoms with Gasteiger partial charge in [-0.3, -0.25) is 0 Å². The van der Waals surface area contributed by atoms with Crippen LogP contribution in [0.25, 0.3) is 0 Å². The summed E-state index contributed by atoms with van der Waals surface area (Å²) in [6.07, 6.45) is 0.538. The lowest BCUT2D eigenvalue weighted by Crippen LogP contribution is -2.08. The maximum atomic E-state index is 11.7. The van der Waals surface area contributed by atoms with Gasteiger partial charge >= 0.3 is 5.97 Å². The summed E-state index contributed by atoms with van der Waals surface area (Å²) in [6.45, 7) is 3.81. The Morgan fingerprint density at radius 2 is 2.06 bits per heavy atom. The van der Waals surface area contributed by atoms with Crippen molar-refractivity contribution in [3.8, 4) is 0 Å². The van der Waals surface area contributed by atoms with E-state index in [1.54, 1.807) is 13.8 Å². The molecule has 4 nitrogen and oxygen atoms in total. The molecule has 1 heterocycles. The maximum Gasteiger partial charge on any atom is 0.360 e. The van der Waals surface area contributed by atoms with Crippen molar-refractivity contribution in [2.75, 3.05) is 6.61 Å². The van der Waals surface area contributed by atoms with E-state index in [4.69, 9.17) is 9.15 Å². The standard InChI is InChI=1S/C14H15NO3/c1-3-17-14(16)13-12(18-10(2)15-13)9-11-7-5-4-6-8-11/h4-8H,3,9H2,1-2H3. The SMILES string of the molecule is CCOC(=O)c1nc(C)oc1Cc1ccccc1. The minimum atomic E-state index is -0.430. The van der Waals surface area contributed by atoms with Crippen LogP contribution in [0.15, 0.2) is 34.7 Å². The van der Waals surface area contributed by atoms with E-state index < -0.39 is 5.97 Å². The molecule has 1 aromatic carbocycles. The van der Waals surface area contributed by atoms with Gasteiger partial charge in [-0.15, -0.1) is 0 Å². The van der Waals surface area contributed by atoms with Crippen LogP contribution in [0.5, 0.6) is 0 Å². The highest BCUT2D eigenvalue weighted by atomic mass is 16.5. The number of carbonyl (C=O) groups excluding carboxylic acids is 1. The quantitative estimate of drug-likeness (QED) is 0.777. The average molecular weight is 245 g/mol. The Morgan fingerprint density at radius 1 is 1.33 bits per heavy atom. The molecule has 0 unspecified atom stereocenters. The van der Waals surface area contributed by atoms with Gasteiger partial charge in [-0.05, 0) is 12.5 Å². The van der Waals surface area contributed by atoms with Gasteiger partial charge in [-0.25, -0.2) is 9.78 Å². The molecule has 0 aliphatic rings. The molecule has 0 bridgehead atoms. The Morgan fingerprint density at radius 3 is 2.72 bits per heavy atom. The molecule has 0 radical (unpaired) electrons. The minimum Gasteiger partial charge on any atom is -0.461 e. The third kappa shape index (κ3) is 2.77. The largest absolute Gasteiger partial charge is 0.461 e. The highest BCUT2D eigenvalue weighted by Crippen LogP contribution is 2.16. The average Bonchev–Trinajstić information content (AvgIpc) is 2.72. The zero-order chi connectivity index (χ0) is 13.0. The predicted molar refractivity (Wildman–Crippen MR) is 66.4 cm³/mol. The summed E-state index contributed by atoms with van der Waals surface area (Å²) < 4.78 is 10.4. The monoisotopic (exact) mass is 245 g/mol. The molecule has 1 aromatic heterocycles. The van der Waals surface area contributed by atoms with E-state index in [1.807, 2.05) is 30.3 Å². The normalized spacial score (nSPS) is 10.3. The van der Waals surface area contributed by atoms with E-state index in [-0.39, 0.29) is 5.69 Å². The lowest BCUT2D eigenvalue weighted by atomic mass is 10.1. The van der Waals surface area contributed by atoms with Crippen LogP contribution in [-0.4, -0.2) is 17.6 Å². The third-order valence-corrected chi connectivity index (χ3v) is 2.48. The number of oxazole rings is 1. The van der Waals surface area contributed by atoms with Crippen LogP contribution < -0.4 is 0 Å². The van der Waals surface area contributed by atoms with E-state index in [0.29, 0.717) is 24.7 Å². The Balaban J connectivity index is 2.25. The van der Waals surface area contributed by atoms with Gasteiger partial charge in [-0.2, -0.15) is 0 Å². The van der Waals surface area contributed by atoms with Crippen LogP contribution in [0.3, 0.4) is 0 Å². The van der Waals surface area contributed by atoms with Crippen LogP contribution in [0.2, 0.25) is 0 Å². The fourth-order valence-electron chi connectivity index (χ4n) is 1.73. The lowest BCUT2D eigenvalue weighted by molar-refractivity contribution is 0.0518. The molecule has 0 spiro atoms. The highest BCUT2D eigenvalue weighted by Gasteiger charge is 2.19. The first-order valence-electron chi connectivity index (χ1n) is 5.88. The van der Waals surface area contributed by atoms with Crippen molar-refractivity contribution in [1.29, 1.82) is 0 Å². The molecular formula is C14H15NO3. The number of nitrogens with zero attached hydrogens (tertiary/aromatic N) is 1. The summed E-state index contributed by atoms with van der Waals surface area (Å²) in [5.74, 6) is 0.599. The summed E-state index contributed by atoms with van der Waals surface area (Å²) in [7, 11) is 0. The number of hydrogen-bond donors (Lipinski definition) is 0. The molecule has 2 aromatic rings. The molecular weight excluding hydrogens is 230 g/mol. The van der Waals surface area contributed by atoms with E-state index in [1.165, 1.54) is 0 Å². The second-order valence-electron chi connectivity index (χ2n) is 3.89. The van der Waals surface area contributed by atoms with Gasteiger partial charge in [0.15, 0.2) is 11.6 Å². The molecule has 2 rings (SSSR count). The van der Waals surface area contributed by atoms with Gasteiger partial charge in [0.25, 0.3) is 0 Å². The number of aryl methyl sites for hydroxylation is 1. The van der Waals surface area contributed by atoms with Crippen molar-refractivity contribution in [1.82, 2.24) is 4.98 Å². The Labute approximate surface area is 106 Å². The number of hydrogen-bond acceptors (Lipinski definition) is 4. The van der Waals surface area contributed by atoms with Crippen LogP contribution in [0, 0.1) is 6.92 Å². The molecule has 0 saturated heterocycles. The van der Waals surface area contributed by atoms with Gasteiger partial charge in [0, 0.05) is 13.3 Å². The van der Waals surface area contributed by atoms with Crippen molar-refractivity contribution in [2.45, 2.75) is 20.3 Å². The second kappa shape index (κ2) is 5.49. The molecule has 4 heteroatoms. The van der Waals surface area contributed by atoms with E-state index >= 15 is 0 Å². The van der Waals surface area contributed by atoms with Crippen LogP contribution in [0.4, 0.5) is 0 Å². The van der Waals surface area contributed by atoms with Gasteiger partial charge in [0.05, 0.1) is 6.61 Å². The van der Waals surface area contributed by atoms with Gasteiger partial charge in [0.2, 0.25) is 0 Å². The number of benzene rings is 1. The maximum absolute atomic E-state index is 11.7. The molecule has 0 aliphatic carbocycles. The number of esters is 1. The Bertz CT molecular complexity index is 531. The van der Waals surface area contributed by atoms with E-state index in [9.17, 15) is 4.79 Å². The summed E-state index contributed by atoms with van der Waals surface area (Å²) in [6, 6.07) is 9.80. The molecule has 0 fully saturated rings. The first kappa shape index (κ1) is 12.4. The predicted octanol–water partition coefficient (Wildman–Crippen LogP) is 2.75. The number of carbonyl (C=O) groups is 1.